The Labute approximate surface area is 97.3 Å². The lowest BCUT2D eigenvalue weighted by Gasteiger charge is -2.42. The first-order valence-electron chi connectivity index (χ1n) is 5.83. The molecule has 4 nitrogen and oxygen atoms in total. The average molecular weight is 220 g/mol. The zero-order valence-corrected chi connectivity index (χ0v) is 10.5. The van der Waals surface area contributed by atoms with E-state index in [0.29, 0.717) is 12.1 Å². The summed E-state index contributed by atoms with van der Waals surface area (Å²) in [4.78, 5) is 13.5. The van der Waals surface area contributed by atoms with Crippen LogP contribution in [0.1, 0.15) is 19.5 Å². The minimum absolute atomic E-state index is 0.562. The standard InChI is InChI=1S/C12H20N4/c1-9-5-14-12(6-13-9)16-7-10(2)15(4)11(3)8-16/h5-6,10-11H,7-8H2,1-4H3. The quantitative estimate of drug-likeness (QED) is 0.714. The molecule has 88 valence electrons. The molecule has 0 spiro atoms. The molecule has 16 heavy (non-hydrogen) atoms. The normalized spacial score (nSPS) is 27.1. The molecular formula is C12H20N4. The van der Waals surface area contributed by atoms with E-state index in [1.165, 1.54) is 0 Å². The molecule has 1 aliphatic heterocycles. The van der Waals surface area contributed by atoms with E-state index in [-0.39, 0.29) is 0 Å². The third-order valence-corrected chi connectivity index (χ3v) is 3.45. The van der Waals surface area contributed by atoms with Crippen molar-refractivity contribution in [3.8, 4) is 0 Å². The number of nitrogens with zero attached hydrogens (tertiary/aromatic N) is 4. The van der Waals surface area contributed by atoms with Crippen LogP contribution >= 0.6 is 0 Å². The highest BCUT2D eigenvalue weighted by Gasteiger charge is 2.27. The summed E-state index contributed by atoms with van der Waals surface area (Å²) >= 11 is 0. The molecule has 2 unspecified atom stereocenters. The maximum Gasteiger partial charge on any atom is 0.147 e. The number of aromatic nitrogens is 2. The van der Waals surface area contributed by atoms with Crippen molar-refractivity contribution in [3.63, 3.8) is 0 Å². The molecule has 1 aliphatic rings. The van der Waals surface area contributed by atoms with Crippen LogP contribution in [0, 0.1) is 6.92 Å². The van der Waals surface area contributed by atoms with Gasteiger partial charge in [-0.15, -0.1) is 0 Å². The highest BCUT2D eigenvalue weighted by molar-refractivity contribution is 5.37. The number of hydrogen-bond donors (Lipinski definition) is 0. The van der Waals surface area contributed by atoms with Gasteiger partial charge in [0.2, 0.25) is 0 Å². The van der Waals surface area contributed by atoms with Gasteiger partial charge in [0.25, 0.3) is 0 Å². The number of anilines is 1. The van der Waals surface area contributed by atoms with Crippen molar-refractivity contribution < 1.29 is 0 Å². The first-order chi connectivity index (χ1) is 7.58. The number of likely N-dealkylation sites (N-methyl/N-ethyl adjacent to an activating group) is 1. The summed E-state index contributed by atoms with van der Waals surface area (Å²) in [5.41, 5.74) is 0.971. The summed E-state index contributed by atoms with van der Waals surface area (Å²) in [5, 5.41) is 0. The van der Waals surface area contributed by atoms with E-state index in [0.717, 1.165) is 24.6 Å². The molecule has 1 aromatic heterocycles. The third-order valence-electron chi connectivity index (χ3n) is 3.45. The van der Waals surface area contributed by atoms with Crippen molar-refractivity contribution in [3.05, 3.63) is 18.1 Å². The van der Waals surface area contributed by atoms with Gasteiger partial charge in [-0.05, 0) is 27.8 Å². The van der Waals surface area contributed by atoms with Crippen LogP contribution in [-0.2, 0) is 0 Å². The summed E-state index contributed by atoms with van der Waals surface area (Å²) in [5.74, 6) is 0.998. The van der Waals surface area contributed by atoms with Crippen molar-refractivity contribution in [2.45, 2.75) is 32.9 Å². The molecule has 0 radical (unpaired) electrons. The van der Waals surface area contributed by atoms with Gasteiger partial charge < -0.3 is 4.90 Å². The van der Waals surface area contributed by atoms with Crippen LogP contribution < -0.4 is 4.90 Å². The Kier molecular flexibility index (Phi) is 3.10. The molecule has 4 heteroatoms. The van der Waals surface area contributed by atoms with Crippen LogP contribution in [-0.4, -0.2) is 47.1 Å². The van der Waals surface area contributed by atoms with Gasteiger partial charge >= 0.3 is 0 Å². The summed E-state index contributed by atoms with van der Waals surface area (Å²) in [6.07, 6.45) is 3.71. The monoisotopic (exact) mass is 220 g/mol. The van der Waals surface area contributed by atoms with E-state index >= 15 is 0 Å². The van der Waals surface area contributed by atoms with Crippen LogP contribution in [0.15, 0.2) is 12.4 Å². The predicted octanol–water partition coefficient (Wildman–Crippen LogP) is 1.31. The van der Waals surface area contributed by atoms with Gasteiger partial charge in [0.05, 0.1) is 18.1 Å². The molecule has 1 fully saturated rings. The van der Waals surface area contributed by atoms with E-state index in [9.17, 15) is 0 Å². The van der Waals surface area contributed by atoms with E-state index < -0.39 is 0 Å². The summed E-state index contributed by atoms with van der Waals surface area (Å²) < 4.78 is 0. The minimum atomic E-state index is 0.562. The lowest BCUT2D eigenvalue weighted by Crippen LogP contribution is -2.55. The van der Waals surface area contributed by atoms with Gasteiger partial charge in [-0.1, -0.05) is 0 Å². The molecule has 2 atom stereocenters. The first-order valence-corrected chi connectivity index (χ1v) is 5.83. The lowest BCUT2D eigenvalue weighted by atomic mass is 10.1. The Hall–Kier alpha value is -1.16. The molecule has 2 heterocycles. The number of rotatable bonds is 1. The third kappa shape index (κ3) is 2.16. The van der Waals surface area contributed by atoms with E-state index in [4.69, 9.17) is 0 Å². The second-order valence-electron chi connectivity index (χ2n) is 4.78. The Morgan fingerprint density at radius 2 is 1.75 bits per heavy atom. The van der Waals surface area contributed by atoms with Crippen molar-refractivity contribution >= 4 is 5.82 Å². The SMILES string of the molecule is Cc1cnc(N2CC(C)N(C)C(C)C2)cn1. The molecule has 0 bridgehead atoms. The number of aryl methyl sites for hydroxylation is 1. The highest BCUT2D eigenvalue weighted by atomic mass is 15.3. The predicted molar refractivity (Wildman–Crippen MR) is 65.7 cm³/mol. The van der Waals surface area contributed by atoms with Crippen LogP contribution in [0.2, 0.25) is 0 Å². The smallest absolute Gasteiger partial charge is 0.147 e. The molecule has 0 saturated carbocycles. The molecule has 0 aromatic carbocycles. The average Bonchev–Trinajstić information content (AvgIpc) is 2.26. The molecule has 1 saturated heterocycles. The highest BCUT2D eigenvalue weighted by Crippen LogP contribution is 2.18. The minimum Gasteiger partial charge on any atom is -0.352 e. The Morgan fingerprint density at radius 1 is 1.12 bits per heavy atom. The molecule has 1 aromatic rings. The van der Waals surface area contributed by atoms with Crippen LogP contribution in [0.4, 0.5) is 5.82 Å². The largest absolute Gasteiger partial charge is 0.352 e. The first kappa shape index (κ1) is 11.3. The topological polar surface area (TPSA) is 32.3 Å². The van der Waals surface area contributed by atoms with E-state index in [1.807, 2.05) is 19.3 Å². The van der Waals surface area contributed by atoms with Gasteiger partial charge in [0.15, 0.2) is 0 Å². The second kappa shape index (κ2) is 4.37. The summed E-state index contributed by atoms with van der Waals surface area (Å²) in [7, 11) is 2.19. The van der Waals surface area contributed by atoms with Gasteiger partial charge in [-0.25, -0.2) is 4.98 Å². The molecule has 0 amide bonds. The Bertz CT molecular complexity index is 337. The van der Waals surface area contributed by atoms with Crippen LogP contribution in [0.25, 0.3) is 0 Å². The summed E-state index contributed by atoms with van der Waals surface area (Å²) in [6.45, 7) is 8.53. The lowest BCUT2D eigenvalue weighted by molar-refractivity contribution is 0.169. The summed E-state index contributed by atoms with van der Waals surface area (Å²) in [6, 6.07) is 1.12. The number of hydrogen-bond acceptors (Lipinski definition) is 4. The fourth-order valence-electron chi connectivity index (χ4n) is 2.14. The van der Waals surface area contributed by atoms with Crippen molar-refractivity contribution in [2.75, 3.05) is 25.0 Å². The molecular weight excluding hydrogens is 200 g/mol. The fourth-order valence-corrected chi connectivity index (χ4v) is 2.14. The Morgan fingerprint density at radius 3 is 2.25 bits per heavy atom. The maximum atomic E-state index is 4.44. The van der Waals surface area contributed by atoms with Gasteiger partial charge in [-0.3, -0.25) is 9.88 Å². The maximum absolute atomic E-state index is 4.44. The van der Waals surface area contributed by atoms with Crippen LogP contribution in [0.3, 0.4) is 0 Å². The molecule has 0 aliphatic carbocycles. The fraction of sp³-hybridized carbons (Fsp3) is 0.667. The van der Waals surface area contributed by atoms with Crippen molar-refractivity contribution in [1.29, 1.82) is 0 Å². The van der Waals surface area contributed by atoms with Crippen LogP contribution in [0.5, 0.6) is 0 Å². The van der Waals surface area contributed by atoms with E-state index in [1.54, 1.807) is 0 Å². The number of piperazine rings is 1. The molecule has 2 rings (SSSR count). The zero-order chi connectivity index (χ0) is 11.7. The van der Waals surface area contributed by atoms with Gasteiger partial charge in [-0.2, -0.15) is 0 Å². The van der Waals surface area contributed by atoms with Gasteiger partial charge in [0, 0.05) is 25.2 Å². The van der Waals surface area contributed by atoms with E-state index in [2.05, 4.69) is 40.7 Å². The Balaban J connectivity index is 2.13. The van der Waals surface area contributed by atoms with Gasteiger partial charge in [0.1, 0.15) is 5.82 Å². The second-order valence-corrected chi connectivity index (χ2v) is 4.78. The zero-order valence-electron chi connectivity index (χ0n) is 10.5. The van der Waals surface area contributed by atoms with Crippen molar-refractivity contribution in [2.24, 2.45) is 0 Å². The van der Waals surface area contributed by atoms with Crippen molar-refractivity contribution in [1.82, 2.24) is 14.9 Å². The molecule has 0 N–H and O–H groups in total.